The lowest BCUT2D eigenvalue weighted by Crippen LogP contribution is -2.46. The Morgan fingerprint density at radius 1 is 1.19 bits per heavy atom. The van der Waals surface area contributed by atoms with Gasteiger partial charge in [0.15, 0.2) is 0 Å². The second-order valence-corrected chi connectivity index (χ2v) is 6.23. The molecule has 1 atom stereocenters. The van der Waals surface area contributed by atoms with E-state index in [2.05, 4.69) is 10.6 Å². The van der Waals surface area contributed by atoms with Crippen LogP contribution in [0.2, 0.25) is 0 Å². The van der Waals surface area contributed by atoms with Crippen molar-refractivity contribution in [1.82, 2.24) is 10.2 Å². The number of halogens is 1. The van der Waals surface area contributed by atoms with E-state index in [1.54, 1.807) is 17.0 Å². The molecule has 8 heteroatoms. The van der Waals surface area contributed by atoms with Gasteiger partial charge in [0.25, 0.3) is 0 Å². The van der Waals surface area contributed by atoms with Crippen molar-refractivity contribution in [1.29, 1.82) is 0 Å². The molecule has 1 rings (SSSR count). The molecule has 0 spiro atoms. The highest BCUT2D eigenvalue weighted by molar-refractivity contribution is 5.95. The Labute approximate surface area is 161 Å². The van der Waals surface area contributed by atoms with Crippen molar-refractivity contribution in [2.45, 2.75) is 40.3 Å². The van der Waals surface area contributed by atoms with Crippen molar-refractivity contribution < 1.29 is 14.4 Å². The minimum absolute atomic E-state index is 0. The predicted octanol–water partition coefficient (Wildman–Crippen LogP) is 1.51. The number of benzene rings is 1. The minimum Gasteiger partial charge on any atom is -0.346 e. The van der Waals surface area contributed by atoms with Gasteiger partial charge in [0.2, 0.25) is 17.7 Å². The maximum atomic E-state index is 12.1. The first-order valence-electron chi connectivity index (χ1n) is 8.42. The quantitative estimate of drug-likeness (QED) is 0.631. The SMILES string of the molecule is CCN(Cc1ccccc1NC(=O)CNC(=O)[C@@H](N)C(C)C)C(C)=O.Cl. The number of anilines is 1. The van der Waals surface area contributed by atoms with Crippen LogP contribution in [-0.2, 0) is 20.9 Å². The molecule has 7 nitrogen and oxygen atoms in total. The van der Waals surface area contributed by atoms with Gasteiger partial charge in [0.05, 0.1) is 12.6 Å². The number of nitrogens with two attached hydrogens (primary N) is 1. The maximum absolute atomic E-state index is 12.1. The number of rotatable bonds is 8. The van der Waals surface area contributed by atoms with Crippen molar-refractivity contribution in [3.63, 3.8) is 0 Å². The van der Waals surface area contributed by atoms with E-state index in [-0.39, 0.29) is 42.6 Å². The zero-order valence-electron chi connectivity index (χ0n) is 15.7. The summed E-state index contributed by atoms with van der Waals surface area (Å²) in [6.07, 6.45) is 0. The fourth-order valence-electron chi connectivity index (χ4n) is 2.21. The lowest BCUT2D eigenvalue weighted by Gasteiger charge is -2.21. The van der Waals surface area contributed by atoms with Crippen LogP contribution in [0, 0.1) is 5.92 Å². The first-order valence-corrected chi connectivity index (χ1v) is 8.42. The fraction of sp³-hybridized carbons (Fsp3) is 0.500. The number of hydrogen-bond acceptors (Lipinski definition) is 4. The molecule has 0 saturated carbocycles. The molecule has 0 saturated heterocycles. The van der Waals surface area contributed by atoms with E-state index in [4.69, 9.17) is 5.73 Å². The minimum atomic E-state index is -0.645. The van der Waals surface area contributed by atoms with Crippen molar-refractivity contribution >= 4 is 35.8 Å². The molecule has 146 valence electrons. The van der Waals surface area contributed by atoms with Gasteiger partial charge in [0, 0.05) is 25.7 Å². The van der Waals surface area contributed by atoms with Gasteiger partial charge in [-0.25, -0.2) is 0 Å². The van der Waals surface area contributed by atoms with Gasteiger partial charge in [-0.1, -0.05) is 32.0 Å². The maximum Gasteiger partial charge on any atom is 0.243 e. The van der Waals surface area contributed by atoms with Crippen molar-refractivity contribution in [2.75, 3.05) is 18.4 Å². The van der Waals surface area contributed by atoms with Crippen molar-refractivity contribution in [2.24, 2.45) is 11.7 Å². The lowest BCUT2D eigenvalue weighted by atomic mass is 10.1. The van der Waals surface area contributed by atoms with E-state index < -0.39 is 6.04 Å². The number of carbonyl (C=O) groups is 3. The van der Waals surface area contributed by atoms with E-state index in [0.717, 1.165) is 5.56 Å². The van der Waals surface area contributed by atoms with Crippen LogP contribution < -0.4 is 16.4 Å². The summed E-state index contributed by atoms with van der Waals surface area (Å²) in [7, 11) is 0. The van der Waals surface area contributed by atoms with Crippen molar-refractivity contribution in [3.8, 4) is 0 Å². The number of carbonyl (C=O) groups excluding carboxylic acids is 3. The molecule has 3 amide bonds. The fourth-order valence-corrected chi connectivity index (χ4v) is 2.21. The average molecular weight is 385 g/mol. The second-order valence-electron chi connectivity index (χ2n) is 6.23. The van der Waals surface area contributed by atoms with Gasteiger partial charge >= 0.3 is 0 Å². The number of amides is 3. The Morgan fingerprint density at radius 3 is 2.35 bits per heavy atom. The average Bonchev–Trinajstić information content (AvgIpc) is 2.57. The Balaban J connectivity index is 0.00000625. The van der Waals surface area contributed by atoms with Crippen LogP contribution in [0.1, 0.15) is 33.3 Å². The number of hydrogen-bond donors (Lipinski definition) is 3. The second kappa shape index (κ2) is 11.5. The molecule has 1 aromatic carbocycles. The normalized spacial score (nSPS) is 11.3. The summed E-state index contributed by atoms with van der Waals surface area (Å²) < 4.78 is 0. The molecule has 0 radical (unpaired) electrons. The van der Waals surface area contributed by atoms with E-state index in [1.807, 2.05) is 32.9 Å². The molecule has 0 heterocycles. The van der Waals surface area contributed by atoms with Gasteiger partial charge in [-0.3, -0.25) is 14.4 Å². The van der Waals surface area contributed by atoms with Crippen LogP contribution in [-0.4, -0.2) is 41.8 Å². The van der Waals surface area contributed by atoms with Gasteiger partial charge < -0.3 is 21.3 Å². The van der Waals surface area contributed by atoms with E-state index in [9.17, 15) is 14.4 Å². The Hall–Kier alpha value is -2.12. The summed E-state index contributed by atoms with van der Waals surface area (Å²) in [5.41, 5.74) is 7.19. The number of nitrogens with zero attached hydrogens (tertiary/aromatic N) is 1. The van der Waals surface area contributed by atoms with Crippen molar-refractivity contribution in [3.05, 3.63) is 29.8 Å². The molecular weight excluding hydrogens is 356 g/mol. The van der Waals surface area contributed by atoms with Crippen LogP contribution in [0.4, 0.5) is 5.69 Å². The zero-order valence-corrected chi connectivity index (χ0v) is 16.6. The Morgan fingerprint density at radius 2 is 1.81 bits per heavy atom. The smallest absolute Gasteiger partial charge is 0.243 e. The highest BCUT2D eigenvalue weighted by Gasteiger charge is 2.18. The molecule has 1 aromatic rings. The van der Waals surface area contributed by atoms with Crippen LogP contribution in [0.15, 0.2) is 24.3 Å². The predicted molar refractivity (Wildman–Crippen MR) is 105 cm³/mol. The van der Waals surface area contributed by atoms with Crippen LogP contribution in [0.25, 0.3) is 0 Å². The molecule has 0 bridgehead atoms. The molecule has 0 aromatic heterocycles. The summed E-state index contributed by atoms with van der Waals surface area (Å²) in [4.78, 5) is 37.2. The monoisotopic (exact) mass is 384 g/mol. The molecule has 0 aliphatic rings. The number of para-hydroxylation sites is 1. The van der Waals surface area contributed by atoms with Crippen LogP contribution >= 0.6 is 12.4 Å². The first kappa shape index (κ1) is 23.9. The van der Waals surface area contributed by atoms with Gasteiger partial charge in [-0.15, -0.1) is 12.4 Å². The zero-order chi connectivity index (χ0) is 19.0. The number of nitrogens with one attached hydrogen (secondary N) is 2. The van der Waals surface area contributed by atoms with Crippen LogP contribution in [0.3, 0.4) is 0 Å². The summed E-state index contributed by atoms with van der Waals surface area (Å²) >= 11 is 0. The summed E-state index contributed by atoms with van der Waals surface area (Å²) in [5, 5.41) is 5.30. The molecule has 0 aliphatic heterocycles. The topological polar surface area (TPSA) is 105 Å². The molecule has 0 unspecified atom stereocenters. The molecule has 0 aliphatic carbocycles. The van der Waals surface area contributed by atoms with Crippen LogP contribution in [0.5, 0.6) is 0 Å². The third-order valence-electron chi connectivity index (χ3n) is 3.92. The molecule has 26 heavy (non-hydrogen) atoms. The summed E-state index contributed by atoms with van der Waals surface area (Å²) in [5.74, 6) is -0.733. The van der Waals surface area contributed by atoms with E-state index in [1.165, 1.54) is 6.92 Å². The molecular formula is C18H29ClN4O3. The van der Waals surface area contributed by atoms with Gasteiger partial charge in [-0.05, 0) is 24.5 Å². The molecule has 4 N–H and O–H groups in total. The standard InChI is InChI=1S/C18H28N4O3.ClH/c1-5-22(13(4)23)11-14-8-6-7-9-15(14)21-16(24)10-20-18(25)17(19)12(2)3;/h6-9,12,17H,5,10-11,19H2,1-4H3,(H,20,25)(H,21,24);1H/t17-;/m0./s1. The third kappa shape index (κ3) is 7.41. The molecule has 0 fully saturated rings. The van der Waals surface area contributed by atoms with E-state index >= 15 is 0 Å². The summed E-state index contributed by atoms with van der Waals surface area (Å²) in [6.45, 7) is 7.93. The highest BCUT2D eigenvalue weighted by atomic mass is 35.5. The first-order chi connectivity index (χ1) is 11.8. The van der Waals surface area contributed by atoms with Gasteiger partial charge in [0.1, 0.15) is 0 Å². The van der Waals surface area contributed by atoms with E-state index in [0.29, 0.717) is 18.8 Å². The lowest BCUT2D eigenvalue weighted by molar-refractivity contribution is -0.129. The Bertz CT molecular complexity index is 622. The highest BCUT2D eigenvalue weighted by Crippen LogP contribution is 2.17. The van der Waals surface area contributed by atoms with Gasteiger partial charge in [-0.2, -0.15) is 0 Å². The largest absolute Gasteiger partial charge is 0.346 e. The summed E-state index contributed by atoms with van der Waals surface area (Å²) in [6, 6.07) is 6.63. The third-order valence-corrected chi connectivity index (χ3v) is 3.92. The Kier molecular flexibility index (Phi) is 10.6.